The molecule has 2 N–H and O–H groups in total. The highest BCUT2D eigenvalue weighted by molar-refractivity contribution is 6.45. The number of fused-ring (bicyclic) bond motifs is 5. The first-order valence-electron chi connectivity index (χ1n) is 8.45. The van der Waals surface area contributed by atoms with Crippen LogP contribution in [0.15, 0.2) is 30.3 Å². The van der Waals surface area contributed by atoms with E-state index in [9.17, 15) is 9.41 Å². The highest BCUT2D eigenvalue weighted by Gasteiger charge is 2.63. The van der Waals surface area contributed by atoms with Crippen molar-refractivity contribution in [1.29, 1.82) is 0 Å². The molecule has 0 aliphatic heterocycles. The van der Waals surface area contributed by atoms with Crippen molar-refractivity contribution in [3.05, 3.63) is 47.4 Å². The third-order valence-corrected chi connectivity index (χ3v) is 5.99. The summed E-state index contributed by atoms with van der Waals surface area (Å²) in [6.07, 6.45) is 1.96. The van der Waals surface area contributed by atoms with Crippen LogP contribution in [0.5, 0.6) is 0 Å². The predicted molar refractivity (Wildman–Crippen MR) is 91.8 cm³/mol. The molecule has 1 saturated carbocycles. The van der Waals surface area contributed by atoms with Crippen molar-refractivity contribution in [2.75, 3.05) is 0 Å². The molecule has 2 bridgehead atoms. The maximum Gasteiger partial charge on any atom is 0.374 e. The van der Waals surface area contributed by atoms with Crippen LogP contribution in [0.25, 0.3) is 11.3 Å². The minimum Gasteiger partial charge on any atom is -0.437 e. The molecule has 0 saturated heterocycles. The summed E-state index contributed by atoms with van der Waals surface area (Å²) in [5.41, 5.74) is 2.64. The van der Waals surface area contributed by atoms with Crippen LogP contribution in [0.1, 0.15) is 43.9 Å². The normalized spacial score (nSPS) is 26.5. The smallest absolute Gasteiger partial charge is 0.374 e. The first kappa shape index (κ1) is 15.7. The van der Waals surface area contributed by atoms with Crippen molar-refractivity contribution >= 4 is 7.05 Å². The Hall–Kier alpha value is -1.79. The van der Waals surface area contributed by atoms with Gasteiger partial charge in [0.2, 0.25) is 0 Å². The molecule has 4 nitrogen and oxygen atoms in total. The topological polar surface area (TPSA) is 58.0 Å². The lowest BCUT2D eigenvalue weighted by Crippen LogP contribution is -2.54. The Morgan fingerprint density at radius 2 is 2.04 bits per heavy atom. The van der Waals surface area contributed by atoms with E-state index in [-0.39, 0.29) is 16.8 Å². The van der Waals surface area contributed by atoms with Gasteiger partial charge in [-0.15, -0.1) is 0 Å². The van der Waals surface area contributed by atoms with Gasteiger partial charge >= 0.3 is 7.05 Å². The summed E-state index contributed by atoms with van der Waals surface area (Å²) in [7, 11) is -0.623. The van der Waals surface area contributed by atoms with Crippen molar-refractivity contribution in [2.45, 2.75) is 45.0 Å². The van der Waals surface area contributed by atoms with Crippen LogP contribution < -0.4 is 5.23 Å². The molecule has 2 atom stereocenters. The number of nitrogens with zero attached hydrogens (tertiary/aromatic N) is 2. The molecule has 0 unspecified atom stereocenters. The number of aromatic nitrogens is 2. The zero-order valence-electron chi connectivity index (χ0n) is 14.2. The van der Waals surface area contributed by atoms with Gasteiger partial charge in [-0.1, -0.05) is 26.0 Å². The quantitative estimate of drug-likeness (QED) is 0.852. The van der Waals surface area contributed by atoms with E-state index in [1.807, 2.05) is 6.07 Å². The Morgan fingerprint density at radius 1 is 1.29 bits per heavy atom. The maximum atomic E-state index is 14.1. The summed E-state index contributed by atoms with van der Waals surface area (Å²) >= 11 is 0. The van der Waals surface area contributed by atoms with Gasteiger partial charge in [0, 0.05) is 5.56 Å². The number of nitrogens with one attached hydrogen (secondary N) is 1. The second kappa shape index (κ2) is 5.10. The van der Waals surface area contributed by atoms with E-state index in [0.29, 0.717) is 17.2 Å². The standard InChI is InChI=1S/C18H21BFN3O/c1-17(2)13-8-9-18(17,23-19(3)24)16-12(13)10-15(21-22-16)11-6-4-5-7-14(11)20/h4-7,10,13,23-24H,8-9H2,1-3H3/t13-,18-/m0/s1. The Bertz CT molecular complexity index is 811. The van der Waals surface area contributed by atoms with Gasteiger partial charge in [0.1, 0.15) is 5.82 Å². The molecule has 24 heavy (non-hydrogen) atoms. The number of hydrogen-bond donors (Lipinski definition) is 2. The Labute approximate surface area is 141 Å². The third-order valence-electron chi connectivity index (χ3n) is 5.99. The van der Waals surface area contributed by atoms with Gasteiger partial charge in [-0.25, -0.2) is 4.39 Å². The lowest BCUT2D eigenvalue weighted by molar-refractivity contribution is 0.183. The number of hydrogen-bond acceptors (Lipinski definition) is 4. The highest BCUT2D eigenvalue weighted by Crippen LogP contribution is 2.66. The highest BCUT2D eigenvalue weighted by atomic mass is 19.1. The van der Waals surface area contributed by atoms with Gasteiger partial charge in [-0.05, 0) is 54.8 Å². The molecule has 1 heterocycles. The largest absolute Gasteiger partial charge is 0.437 e. The van der Waals surface area contributed by atoms with Crippen LogP contribution in [0.2, 0.25) is 6.82 Å². The molecule has 124 valence electrons. The maximum absolute atomic E-state index is 14.1. The minimum atomic E-state index is -0.623. The molecule has 4 rings (SSSR count). The van der Waals surface area contributed by atoms with Crippen molar-refractivity contribution in [1.82, 2.24) is 15.4 Å². The molecule has 2 aliphatic carbocycles. The minimum absolute atomic E-state index is 0.0745. The van der Waals surface area contributed by atoms with E-state index in [1.165, 1.54) is 6.07 Å². The van der Waals surface area contributed by atoms with E-state index in [2.05, 4.69) is 29.3 Å². The Kier molecular flexibility index (Phi) is 3.34. The van der Waals surface area contributed by atoms with Gasteiger partial charge in [0.05, 0.1) is 16.9 Å². The van der Waals surface area contributed by atoms with Gasteiger partial charge in [0.15, 0.2) is 0 Å². The second-order valence-corrected chi connectivity index (χ2v) is 7.55. The van der Waals surface area contributed by atoms with Gasteiger partial charge < -0.3 is 10.3 Å². The molecule has 6 heteroatoms. The Balaban J connectivity index is 1.86. The van der Waals surface area contributed by atoms with Crippen molar-refractivity contribution < 1.29 is 9.41 Å². The van der Waals surface area contributed by atoms with E-state index in [1.54, 1.807) is 25.0 Å². The molecule has 0 spiro atoms. The van der Waals surface area contributed by atoms with Crippen molar-refractivity contribution in [3.63, 3.8) is 0 Å². The molecule has 1 aromatic heterocycles. The SMILES string of the molecule is CB(O)N[C@@]12CC[C@@H](c3cc(-c4ccccc4F)nnc31)C2(C)C. The van der Waals surface area contributed by atoms with Crippen LogP contribution in [0.4, 0.5) is 4.39 Å². The first-order chi connectivity index (χ1) is 11.4. The van der Waals surface area contributed by atoms with Gasteiger partial charge in [0.25, 0.3) is 0 Å². The summed E-state index contributed by atoms with van der Waals surface area (Å²) in [5, 5.41) is 22.1. The van der Waals surface area contributed by atoms with E-state index in [4.69, 9.17) is 0 Å². The van der Waals surface area contributed by atoms with E-state index < -0.39 is 7.05 Å². The lowest BCUT2D eigenvalue weighted by Gasteiger charge is -2.39. The molecule has 1 fully saturated rings. The fourth-order valence-corrected chi connectivity index (χ4v) is 4.80. The molecular formula is C18H21BFN3O. The van der Waals surface area contributed by atoms with Crippen LogP contribution in [-0.4, -0.2) is 22.3 Å². The number of halogens is 1. The Morgan fingerprint density at radius 3 is 2.75 bits per heavy atom. The molecule has 2 aliphatic rings. The van der Waals surface area contributed by atoms with Crippen molar-refractivity contribution in [2.24, 2.45) is 5.41 Å². The lowest BCUT2D eigenvalue weighted by atomic mass is 9.70. The zero-order chi connectivity index (χ0) is 17.1. The number of benzene rings is 1. The zero-order valence-corrected chi connectivity index (χ0v) is 14.2. The van der Waals surface area contributed by atoms with Crippen molar-refractivity contribution in [3.8, 4) is 11.3 Å². The summed E-state index contributed by atoms with van der Waals surface area (Å²) < 4.78 is 14.1. The van der Waals surface area contributed by atoms with Gasteiger partial charge in [-0.2, -0.15) is 10.2 Å². The molecular weight excluding hydrogens is 304 g/mol. The molecule has 1 aromatic carbocycles. The predicted octanol–water partition coefficient (Wildman–Crippen LogP) is 3.10. The molecule has 2 aromatic rings. The van der Waals surface area contributed by atoms with Gasteiger partial charge in [-0.3, -0.25) is 0 Å². The summed E-state index contributed by atoms with van der Waals surface area (Å²) in [4.78, 5) is 0. The monoisotopic (exact) mass is 325 g/mol. The number of rotatable bonds is 3. The third kappa shape index (κ3) is 1.93. The second-order valence-electron chi connectivity index (χ2n) is 7.55. The fourth-order valence-electron chi connectivity index (χ4n) is 4.80. The summed E-state index contributed by atoms with van der Waals surface area (Å²) in [6.45, 7) is 6.16. The van der Waals surface area contributed by atoms with E-state index in [0.717, 1.165) is 24.1 Å². The van der Waals surface area contributed by atoms with E-state index >= 15 is 0 Å². The molecule has 0 radical (unpaired) electrons. The summed E-state index contributed by atoms with van der Waals surface area (Å²) in [6, 6.07) is 8.63. The first-order valence-corrected chi connectivity index (χ1v) is 8.45. The summed E-state index contributed by atoms with van der Waals surface area (Å²) in [5.74, 6) is 0.0470. The van der Waals surface area contributed by atoms with Crippen LogP contribution >= 0.6 is 0 Å². The fraction of sp³-hybridized carbons (Fsp3) is 0.444. The molecule has 0 amide bonds. The van der Waals surface area contributed by atoms with Crippen LogP contribution in [0.3, 0.4) is 0 Å². The average Bonchev–Trinajstić information content (AvgIpc) is 2.88. The van der Waals surface area contributed by atoms with Crippen LogP contribution in [0, 0.1) is 11.2 Å². The van der Waals surface area contributed by atoms with Crippen LogP contribution in [-0.2, 0) is 5.54 Å². The average molecular weight is 325 g/mol.